The summed E-state index contributed by atoms with van der Waals surface area (Å²) >= 11 is 0. The second-order valence-electron chi connectivity index (χ2n) is 6.36. The number of rotatable bonds is 4. The minimum absolute atomic E-state index is 0. The van der Waals surface area contributed by atoms with Gasteiger partial charge in [0.25, 0.3) is 0 Å². The SMILES string of the molecule is CN=C(NCCOC1CCCCCC1)NC(C)(C)C.I. The largest absolute Gasteiger partial charge is 0.376 e. The quantitative estimate of drug-likeness (QED) is 0.252. The maximum absolute atomic E-state index is 5.94. The van der Waals surface area contributed by atoms with Crippen LogP contribution in [-0.4, -0.2) is 37.8 Å². The topological polar surface area (TPSA) is 45.7 Å². The van der Waals surface area contributed by atoms with Gasteiger partial charge in [0.1, 0.15) is 0 Å². The van der Waals surface area contributed by atoms with Crippen molar-refractivity contribution in [2.45, 2.75) is 70.9 Å². The predicted octanol–water partition coefficient (Wildman–Crippen LogP) is 3.31. The second-order valence-corrected chi connectivity index (χ2v) is 6.36. The third-order valence-electron chi connectivity index (χ3n) is 3.27. The third-order valence-corrected chi connectivity index (χ3v) is 3.27. The molecule has 0 amide bonds. The molecule has 0 unspecified atom stereocenters. The van der Waals surface area contributed by atoms with E-state index in [1.165, 1.54) is 38.5 Å². The smallest absolute Gasteiger partial charge is 0.191 e. The van der Waals surface area contributed by atoms with E-state index in [2.05, 4.69) is 36.4 Å². The van der Waals surface area contributed by atoms with Crippen molar-refractivity contribution in [3.8, 4) is 0 Å². The molecule has 5 heteroatoms. The normalized spacial score (nSPS) is 18.1. The fourth-order valence-corrected chi connectivity index (χ4v) is 2.34. The molecule has 0 aromatic carbocycles. The molecule has 0 aromatic rings. The summed E-state index contributed by atoms with van der Waals surface area (Å²) in [4.78, 5) is 4.21. The molecule has 1 saturated carbocycles. The van der Waals surface area contributed by atoms with Crippen molar-refractivity contribution < 1.29 is 4.74 Å². The van der Waals surface area contributed by atoms with E-state index in [0.29, 0.717) is 6.10 Å². The first-order chi connectivity index (χ1) is 9.01. The molecular weight excluding hydrogens is 365 g/mol. The first-order valence-corrected chi connectivity index (χ1v) is 7.62. The molecule has 1 aliphatic rings. The summed E-state index contributed by atoms with van der Waals surface area (Å²) in [5, 5.41) is 6.63. The lowest BCUT2D eigenvalue weighted by Crippen LogP contribution is -2.48. The average Bonchev–Trinajstić information content (AvgIpc) is 2.60. The van der Waals surface area contributed by atoms with Gasteiger partial charge in [-0.15, -0.1) is 24.0 Å². The summed E-state index contributed by atoms with van der Waals surface area (Å²) in [6.45, 7) is 7.95. The number of hydrogen-bond acceptors (Lipinski definition) is 2. The molecule has 0 aliphatic heterocycles. The predicted molar refractivity (Wildman–Crippen MR) is 97.1 cm³/mol. The monoisotopic (exact) mass is 397 g/mol. The van der Waals surface area contributed by atoms with Gasteiger partial charge >= 0.3 is 0 Å². The van der Waals surface area contributed by atoms with Crippen molar-refractivity contribution in [2.24, 2.45) is 4.99 Å². The Morgan fingerprint density at radius 1 is 1.15 bits per heavy atom. The van der Waals surface area contributed by atoms with Crippen LogP contribution >= 0.6 is 24.0 Å². The van der Waals surface area contributed by atoms with Crippen molar-refractivity contribution in [3.63, 3.8) is 0 Å². The maximum Gasteiger partial charge on any atom is 0.191 e. The molecule has 120 valence electrons. The minimum atomic E-state index is 0. The van der Waals surface area contributed by atoms with Crippen LogP contribution in [-0.2, 0) is 4.74 Å². The van der Waals surface area contributed by atoms with E-state index < -0.39 is 0 Å². The maximum atomic E-state index is 5.94. The van der Waals surface area contributed by atoms with E-state index in [4.69, 9.17) is 4.74 Å². The zero-order chi connectivity index (χ0) is 14.1. The molecule has 0 atom stereocenters. The van der Waals surface area contributed by atoms with Crippen molar-refractivity contribution in [3.05, 3.63) is 0 Å². The summed E-state index contributed by atoms with van der Waals surface area (Å²) in [5.74, 6) is 0.844. The standard InChI is InChI=1S/C15H31N3O.HI/c1-15(2,3)18-14(16-4)17-11-12-19-13-9-7-5-6-8-10-13;/h13H,5-12H2,1-4H3,(H2,16,17,18);1H. The average molecular weight is 397 g/mol. The van der Waals surface area contributed by atoms with E-state index in [1.54, 1.807) is 7.05 Å². The van der Waals surface area contributed by atoms with E-state index in [1.807, 2.05) is 0 Å². The number of aliphatic imine (C=N–C) groups is 1. The Kier molecular flexibility index (Phi) is 10.6. The van der Waals surface area contributed by atoms with Gasteiger partial charge in [-0.2, -0.15) is 0 Å². The van der Waals surface area contributed by atoms with E-state index in [0.717, 1.165) is 19.1 Å². The Balaban J connectivity index is 0.00000361. The first kappa shape index (κ1) is 20.0. The van der Waals surface area contributed by atoms with Gasteiger partial charge in [-0.25, -0.2) is 0 Å². The zero-order valence-electron chi connectivity index (χ0n) is 13.5. The summed E-state index contributed by atoms with van der Waals surface area (Å²) < 4.78 is 5.94. The van der Waals surface area contributed by atoms with Crippen LogP contribution in [0.25, 0.3) is 0 Å². The molecule has 0 saturated heterocycles. The van der Waals surface area contributed by atoms with Crippen LogP contribution in [0.3, 0.4) is 0 Å². The van der Waals surface area contributed by atoms with Crippen LogP contribution in [0, 0.1) is 0 Å². The second kappa shape index (κ2) is 10.7. The Morgan fingerprint density at radius 3 is 2.25 bits per heavy atom. The highest BCUT2D eigenvalue weighted by Gasteiger charge is 2.13. The molecule has 1 fully saturated rings. The molecule has 0 heterocycles. The highest BCUT2D eigenvalue weighted by atomic mass is 127. The Morgan fingerprint density at radius 2 is 1.75 bits per heavy atom. The lowest BCUT2D eigenvalue weighted by Gasteiger charge is -2.24. The number of halogens is 1. The number of ether oxygens (including phenoxy) is 1. The highest BCUT2D eigenvalue weighted by molar-refractivity contribution is 14.0. The van der Waals surface area contributed by atoms with Crippen LogP contribution in [0.15, 0.2) is 4.99 Å². The van der Waals surface area contributed by atoms with E-state index in [9.17, 15) is 0 Å². The van der Waals surface area contributed by atoms with Gasteiger partial charge in [0.15, 0.2) is 5.96 Å². The van der Waals surface area contributed by atoms with Crippen molar-refractivity contribution in [1.29, 1.82) is 0 Å². The highest BCUT2D eigenvalue weighted by Crippen LogP contribution is 2.19. The molecule has 0 spiro atoms. The Bertz CT molecular complexity index is 269. The molecule has 2 N–H and O–H groups in total. The molecule has 0 aromatic heterocycles. The van der Waals surface area contributed by atoms with Gasteiger partial charge in [-0.1, -0.05) is 25.7 Å². The van der Waals surface area contributed by atoms with Gasteiger partial charge in [-0.05, 0) is 33.6 Å². The Hall–Kier alpha value is -0.0400. The van der Waals surface area contributed by atoms with Crippen molar-refractivity contribution in [2.75, 3.05) is 20.2 Å². The molecule has 20 heavy (non-hydrogen) atoms. The summed E-state index contributed by atoms with van der Waals surface area (Å²) in [5.41, 5.74) is 0.0317. The van der Waals surface area contributed by atoms with Gasteiger partial charge in [0, 0.05) is 19.1 Å². The van der Waals surface area contributed by atoms with Gasteiger partial charge < -0.3 is 15.4 Å². The number of nitrogens with zero attached hydrogens (tertiary/aromatic N) is 1. The molecule has 1 aliphatic carbocycles. The molecule has 0 radical (unpaired) electrons. The van der Waals surface area contributed by atoms with Crippen molar-refractivity contribution in [1.82, 2.24) is 10.6 Å². The summed E-state index contributed by atoms with van der Waals surface area (Å²) in [7, 11) is 1.80. The van der Waals surface area contributed by atoms with Gasteiger partial charge in [0.2, 0.25) is 0 Å². The molecule has 0 bridgehead atoms. The Labute approximate surface area is 141 Å². The summed E-state index contributed by atoms with van der Waals surface area (Å²) in [6, 6.07) is 0. The first-order valence-electron chi connectivity index (χ1n) is 7.62. The van der Waals surface area contributed by atoms with E-state index >= 15 is 0 Å². The van der Waals surface area contributed by atoms with Gasteiger partial charge in [0.05, 0.1) is 12.7 Å². The van der Waals surface area contributed by atoms with Crippen LogP contribution in [0.5, 0.6) is 0 Å². The minimum Gasteiger partial charge on any atom is -0.376 e. The van der Waals surface area contributed by atoms with Crippen molar-refractivity contribution >= 4 is 29.9 Å². The summed E-state index contributed by atoms with van der Waals surface area (Å²) in [6.07, 6.45) is 8.34. The van der Waals surface area contributed by atoms with Crippen LogP contribution < -0.4 is 10.6 Å². The fourth-order valence-electron chi connectivity index (χ4n) is 2.34. The number of nitrogens with one attached hydrogen (secondary N) is 2. The zero-order valence-corrected chi connectivity index (χ0v) is 15.8. The fraction of sp³-hybridized carbons (Fsp3) is 0.933. The number of hydrogen-bond donors (Lipinski definition) is 2. The molecular formula is C15H32IN3O. The number of guanidine groups is 1. The lowest BCUT2D eigenvalue weighted by atomic mass is 10.1. The van der Waals surface area contributed by atoms with Crippen LogP contribution in [0.1, 0.15) is 59.3 Å². The van der Waals surface area contributed by atoms with Crippen LogP contribution in [0.4, 0.5) is 0 Å². The van der Waals surface area contributed by atoms with Crippen LogP contribution in [0.2, 0.25) is 0 Å². The van der Waals surface area contributed by atoms with E-state index in [-0.39, 0.29) is 29.5 Å². The lowest BCUT2D eigenvalue weighted by molar-refractivity contribution is 0.0467. The molecule has 1 rings (SSSR count). The third kappa shape index (κ3) is 9.80. The molecule has 4 nitrogen and oxygen atoms in total. The van der Waals surface area contributed by atoms with Gasteiger partial charge in [-0.3, -0.25) is 4.99 Å².